The molecular weight excluding hydrogens is 230 g/mol. The fraction of sp³-hybridized carbons (Fsp3) is 0.250. The predicted octanol–water partition coefficient (Wildman–Crippen LogP) is 0.810. The molecule has 0 spiro atoms. The van der Waals surface area contributed by atoms with Gasteiger partial charge in [-0.25, -0.2) is 0 Å². The molecule has 2 aromatic heterocycles. The van der Waals surface area contributed by atoms with Gasteiger partial charge < -0.3 is 11.1 Å². The van der Waals surface area contributed by atoms with E-state index >= 15 is 0 Å². The van der Waals surface area contributed by atoms with E-state index in [0.717, 1.165) is 5.69 Å². The summed E-state index contributed by atoms with van der Waals surface area (Å²) >= 11 is 0. The van der Waals surface area contributed by atoms with Gasteiger partial charge in [-0.3, -0.25) is 14.5 Å². The molecule has 0 aromatic carbocycles. The summed E-state index contributed by atoms with van der Waals surface area (Å²) in [5.41, 5.74) is 7.31. The first-order chi connectivity index (χ1) is 8.72. The van der Waals surface area contributed by atoms with Crippen molar-refractivity contribution >= 4 is 11.6 Å². The number of aryl methyl sites for hydroxylation is 1. The maximum absolute atomic E-state index is 12.0. The van der Waals surface area contributed by atoms with Crippen LogP contribution in [0, 0.1) is 0 Å². The fourth-order valence-electron chi connectivity index (χ4n) is 1.65. The smallest absolute Gasteiger partial charge is 0.272 e. The van der Waals surface area contributed by atoms with Gasteiger partial charge >= 0.3 is 0 Å². The van der Waals surface area contributed by atoms with Crippen molar-refractivity contribution in [2.75, 3.05) is 5.73 Å². The Labute approximate surface area is 105 Å². The van der Waals surface area contributed by atoms with Crippen molar-refractivity contribution in [2.24, 2.45) is 0 Å². The zero-order valence-corrected chi connectivity index (χ0v) is 10.1. The lowest BCUT2D eigenvalue weighted by Gasteiger charge is -2.07. The highest BCUT2D eigenvalue weighted by molar-refractivity contribution is 5.97. The van der Waals surface area contributed by atoms with Crippen LogP contribution in [0.1, 0.15) is 23.1 Å². The van der Waals surface area contributed by atoms with Gasteiger partial charge in [-0.1, -0.05) is 6.07 Å². The Balaban J connectivity index is 2.06. The number of amides is 1. The zero-order valence-electron chi connectivity index (χ0n) is 10.1. The minimum absolute atomic E-state index is 0.238. The summed E-state index contributed by atoms with van der Waals surface area (Å²) in [4.78, 5) is 16.1. The van der Waals surface area contributed by atoms with Crippen LogP contribution >= 0.6 is 0 Å². The highest BCUT2D eigenvalue weighted by Crippen LogP contribution is 2.10. The number of nitrogens with two attached hydrogens (primary N) is 1. The Morgan fingerprint density at radius 2 is 2.33 bits per heavy atom. The van der Waals surface area contributed by atoms with E-state index in [1.807, 2.05) is 25.1 Å². The summed E-state index contributed by atoms with van der Waals surface area (Å²) in [6.45, 7) is 2.87. The van der Waals surface area contributed by atoms with Crippen LogP contribution in [-0.4, -0.2) is 20.7 Å². The molecule has 0 atom stereocenters. The molecule has 0 aliphatic carbocycles. The van der Waals surface area contributed by atoms with E-state index in [4.69, 9.17) is 5.73 Å². The lowest BCUT2D eigenvalue weighted by Crippen LogP contribution is -2.26. The molecule has 1 amide bonds. The van der Waals surface area contributed by atoms with E-state index in [9.17, 15) is 4.79 Å². The number of nitrogen functional groups attached to an aromatic ring is 1. The second kappa shape index (κ2) is 5.31. The van der Waals surface area contributed by atoms with Gasteiger partial charge in [0.25, 0.3) is 5.91 Å². The Morgan fingerprint density at radius 3 is 3.00 bits per heavy atom. The van der Waals surface area contributed by atoms with Gasteiger partial charge in [-0.05, 0) is 19.1 Å². The number of carbonyl (C=O) groups is 1. The maximum atomic E-state index is 12.0. The number of nitrogens with zero attached hydrogens (tertiary/aromatic N) is 3. The monoisotopic (exact) mass is 245 g/mol. The van der Waals surface area contributed by atoms with Crippen molar-refractivity contribution in [1.82, 2.24) is 20.1 Å². The molecular formula is C12H15N5O. The SMILES string of the molecule is CCn1ncc(N)c1C(=O)NCc1ccccn1. The third-order valence-electron chi connectivity index (χ3n) is 2.54. The molecule has 2 heterocycles. The molecule has 6 heteroatoms. The highest BCUT2D eigenvalue weighted by Gasteiger charge is 2.15. The number of hydrogen-bond acceptors (Lipinski definition) is 4. The molecule has 3 N–H and O–H groups in total. The number of nitrogens with one attached hydrogen (secondary N) is 1. The summed E-state index contributed by atoms with van der Waals surface area (Å²) < 4.78 is 1.57. The van der Waals surface area contributed by atoms with Gasteiger partial charge in [0.15, 0.2) is 0 Å². The largest absolute Gasteiger partial charge is 0.396 e. The number of hydrogen-bond donors (Lipinski definition) is 2. The van der Waals surface area contributed by atoms with Crippen molar-refractivity contribution in [2.45, 2.75) is 20.0 Å². The molecule has 0 bridgehead atoms. The molecule has 0 radical (unpaired) electrons. The van der Waals surface area contributed by atoms with Gasteiger partial charge in [0.1, 0.15) is 5.69 Å². The summed E-state index contributed by atoms with van der Waals surface area (Å²) in [7, 11) is 0. The third-order valence-corrected chi connectivity index (χ3v) is 2.54. The maximum Gasteiger partial charge on any atom is 0.272 e. The van der Waals surface area contributed by atoms with Gasteiger partial charge in [-0.15, -0.1) is 0 Å². The first kappa shape index (κ1) is 12.1. The fourth-order valence-corrected chi connectivity index (χ4v) is 1.65. The van der Waals surface area contributed by atoms with E-state index in [1.54, 1.807) is 10.9 Å². The van der Waals surface area contributed by atoms with E-state index in [1.165, 1.54) is 6.20 Å². The van der Waals surface area contributed by atoms with Crippen LogP contribution in [0.4, 0.5) is 5.69 Å². The molecule has 0 unspecified atom stereocenters. The van der Waals surface area contributed by atoms with Crippen molar-refractivity contribution in [3.8, 4) is 0 Å². The third kappa shape index (κ3) is 2.48. The van der Waals surface area contributed by atoms with Crippen molar-refractivity contribution in [1.29, 1.82) is 0 Å². The molecule has 2 rings (SSSR count). The normalized spacial score (nSPS) is 10.3. The molecule has 0 saturated carbocycles. The quantitative estimate of drug-likeness (QED) is 0.834. The average molecular weight is 245 g/mol. The summed E-state index contributed by atoms with van der Waals surface area (Å²) in [5.74, 6) is -0.238. The molecule has 2 aromatic rings. The van der Waals surface area contributed by atoms with Gasteiger partial charge in [0, 0.05) is 12.7 Å². The number of aromatic nitrogens is 3. The predicted molar refractivity (Wildman–Crippen MR) is 67.7 cm³/mol. The first-order valence-corrected chi connectivity index (χ1v) is 5.71. The number of rotatable bonds is 4. The van der Waals surface area contributed by atoms with E-state index in [-0.39, 0.29) is 5.91 Å². The first-order valence-electron chi connectivity index (χ1n) is 5.71. The molecule has 0 saturated heterocycles. The van der Waals surface area contributed by atoms with E-state index in [2.05, 4.69) is 15.4 Å². The molecule has 6 nitrogen and oxygen atoms in total. The number of anilines is 1. The van der Waals surface area contributed by atoms with Gasteiger partial charge in [0.2, 0.25) is 0 Å². The molecule has 0 fully saturated rings. The molecule has 0 aliphatic heterocycles. The van der Waals surface area contributed by atoms with Gasteiger partial charge in [-0.2, -0.15) is 5.10 Å². The average Bonchev–Trinajstić information content (AvgIpc) is 2.78. The second-order valence-corrected chi connectivity index (χ2v) is 3.77. The van der Waals surface area contributed by atoms with Crippen LogP contribution in [-0.2, 0) is 13.1 Å². The van der Waals surface area contributed by atoms with Crippen LogP contribution in [0.25, 0.3) is 0 Å². The van der Waals surface area contributed by atoms with Crippen LogP contribution in [0.2, 0.25) is 0 Å². The van der Waals surface area contributed by atoms with Crippen LogP contribution in [0.5, 0.6) is 0 Å². The zero-order chi connectivity index (χ0) is 13.0. The Hall–Kier alpha value is -2.37. The van der Waals surface area contributed by atoms with Crippen molar-refractivity contribution < 1.29 is 4.79 Å². The number of carbonyl (C=O) groups excluding carboxylic acids is 1. The molecule has 94 valence electrons. The molecule has 0 aliphatic rings. The summed E-state index contributed by atoms with van der Waals surface area (Å²) in [6.07, 6.45) is 3.17. The van der Waals surface area contributed by atoms with Crippen LogP contribution in [0.15, 0.2) is 30.6 Å². The minimum Gasteiger partial charge on any atom is -0.396 e. The summed E-state index contributed by atoms with van der Waals surface area (Å²) in [5, 5.41) is 6.80. The molecule has 18 heavy (non-hydrogen) atoms. The van der Waals surface area contributed by atoms with E-state index in [0.29, 0.717) is 24.5 Å². The standard InChI is InChI=1S/C12H15N5O/c1-2-17-11(10(13)8-16-17)12(18)15-7-9-5-3-4-6-14-9/h3-6,8H,2,7,13H2,1H3,(H,15,18). The van der Waals surface area contributed by atoms with Crippen LogP contribution < -0.4 is 11.1 Å². The lowest BCUT2D eigenvalue weighted by molar-refractivity contribution is 0.0940. The minimum atomic E-state index is -0.238. The topological polar surface area (TPSA) is 85.8 Å². The Bertz CT molecular complexity index is 535. The second-order valence-electron chi connectivity index (χ2n) is 3.77. The number of pyridine rings is 1. The summed E-state index contributed by atoms with van der Waals surface area (Å²) in [6, 6.07) is 5.55. The highest BCUT2D eigenvalue weighted by atomic mass is 16.2. The van der Waals surface area contributed by atoms with Crippen LogP contribution in [0.3, 0.4) is 0 Å². The van der Waals surface area contributed by atoms with Crippen molar-refractivity contribution in [3.05, 3.63) is 42.0 Å². The van der Waals surface area contributed by atoms with Crippen molar-refractivity contribution in [3.63, 3.8) is 0 Å². The Morgan fingerprint density at radius 1 is 1.50 bits per heavy atom. The Kier molecular flexibility index (Phi) is 3.57. The lowest BCUT2D eigenvalue weighted by atomic mass is 10.3. The van der Waals surface area contributed by atoms with Gasteiger partial charge in [0.05, 0.1) is 24.1 Å². The van der Waals surface area contributed by atoms with E-state index < -0.39 is 0 Å².